The molecule has 0 unspecified atom stereocenters. The molecule has 1 N–H and O–H groups in total. The third-order valence-electron chi connectivity index (χ3n) is 4.04. The molecule has 2 heteroatoms. The Morgan fingerprint density at radius 3 is 2.41 bits per heavy atom. The Kier molecular flexibility index (Phi) is 6.50. The van der Waals surface area contributed by atoms with E-state index < -0.39 is 0 Å². The monoisotopic (exact) mass is 240 g/mol. The number of nitrogens with zero attached hydrogens (tertiary/aromatic N) is 1. The number of piperidine rings is 1. The summed E-state index contributed by atoms with van der Waals surface area (Å²) in [4.78, 5) is 2.44. The Morgan fingerprint density at radius 2 is 1.82 bits per heavy atom. The van der Waals surface area contributed by atoms with Crippen LogP contribution in [0.3, 0.4) is 0 Å². The molecule has 1 saturated heterocycles. The van der Waals surface area contributed by atoms with E-state index in [0.717, 1.165) is 6.04 Å². The molecule has 17 heavy (non-hydrogen) atoms. The van der Waals surface area contributed by atoms with Gasteiger partial charge in [0.05, 0.1) is 0 Å². The van der Waals surface area contributed by atoms with Crippen molar-refractivity contribution in [3.8, 4) is 0 Å². The molecular weight excluding hydrogens is 208 g/mol. The van der Waals surface area contributed by atoms with Gasteiger partial charge in [-0.05, 0) is 44.8 Å². The first-order valence-corrected chi connectivity index (χ1v) is 7.45. The number of unbranched alkanes of at least 4 members (excludes halogenated alkanes) is 2. The second kappa shape index (κ2) is 7.38. The molecule has 0 atom stereocenters. The van der Waals surface area contributed by atoms with Crippen LogP contribution in [-0.4, -0.2) is 37.6 Å². The van der Waals surface area contributed by atoms with Crippen molar-refractivity contribution in [1.82, 2.24) is 10.2 Å². The number of likely N-dealkylation sites (tertiary alicyclic amines) is 1. The second-order valence-electron chi connectivity index (χ2n) is 6.58. The van der Waals surface area contributed by atoms with Crippen LogP contribution < -0.4 is 5.32 Å². The maximum atomic E-state index is 3.78. The van der Waals surface area contributed by atoms with Crippen molar-refractivity contribution >= 4 is 0 Å². The highest BCUT2D eigenvalue weighted by molar-refractivity contribution is 4.79. The predicted molar refractivity (Wildman–Crippen MR) is 76.4 cm³/mol. The summed E-state index contributed by atoms with van der Waals surface area (Å²) in [5.41, 5.74) is 0.471. The van der Waals surface area contributed by atoms with Gasteiger partial charge in [-0.15, -0.1) is 0 Å². The first kappa shape index (κ1) is 15.0. The first-order valence-electron chi connectivity index (χ1n) is 7.45. The van der Waals surface area contributed by atoms with Gasteiger partial charge in [-0.3, -0.25) is 0 Å². The zero-order chi connectivity index (χ0) is 12.7. The van der Waals surface area contributed by atoms with Gasteiger partial charge in [0, 0.05) is 12.6 Å². The number of nitrogens with one attached hydrogen (secondary N) is 1. The van der Waals surface area contributed by atoms with Gasteiger partial charge in [0.25, 0.3) is 0 Å². The molecule has 0 aromatic heterocycles. The Balaban J connectivity index is 2.15. The molecule has 0 aromatic carbocycles. The summed E-state index contributed by atoms with van der Waals surface area (Å²) < 4.78 is 0. The van der Waals surface area contributed by atoms with E-state index in [2.05, 4.69) is 38.0 Å². The van der Waals surface area contributed by atoms with E-state index >= 15 is 0 Å². The van der Waals surface area contributed by atoms with Gasteiger partial charge in [-0.25, -0.2) is 0 Å². The van der Waals surface area contributed by atoms with Crippen molar-refractivity contribution in [3.63, 3.8) is 0 Å². The zero-order valence-corrected chi connectivity index (χ0v) is 12.4. The van der Waals surface area contributed by atoms with Crippen molar-refractivity contribution in [2.24, 2.45) is 5.41 Å². The summed E-state index contributed by atoms with van der Waals surface area (Å²) in [7, 11) is 2.23. The second-order valence-corrected chi connectivity index (χ2v) is 6.58. The SMILES string of the molecule is CCCCCC(C)(C)CNC1CCN(C)CC1. The molecule has 1 fully saturated rings. The van der Waals surface area contributed by atoms with Crippen LogP contribution in [0.15, 0.2) is 0 Å². The normalized spacial score (nSPS) is 19.8. The van der Waals surface area contributed by atoms with Crippen molar-refractivity contribution in [2.45, 2.75) is 65.3 Å². The number of rotatable bonds is 7. The lowest BCUT2D eigenvalue weighted by Gasteiger charge is -2.33. The predicted octanol–water partition coefficient (Wildman–Crippen LogP) is 3.28. The van der Waals surface area contributed by atoms with Gasteiger partial charge in [-0.1, -0.05) is 40.0 Å². The molecule has 0 aliphatic carbocycles. The minimum absolute atomic E-state index is 0.471. The van der Waals surface area contributed by atoms with E-state index in [1.807, 2.05) is 0 Å². The van der Waals surface area contributed by atoms with Gasteiger partial charge < -0.3 is 10.2 Å². The van der Waals surface area contributed by atoms with Crippen LogP contribution >= 0.6 is 0 Å². The summed E-state index contributed by atoms with van der Waals surface area (Å²) in [5, 5.41) is 3.78. The van der Waals surface area contributed by atoms with Crippen LogP contribution in [0.1, 0.15) is 59.3 Å². The molecule has 2 nitrogen and oxygen atoms in total. The van der Waals surface area contributed by atoms with Gasteiger partial charge in [0.15, 0.2) is 0 Å². The molecule has 0 bridgehead atoms. The average molecular weight is 240 g/mol. The van der Waals surface area contributed by atoms with Crippen molar-refractivity contribution in [3.05, 3.63) is 0 Å². The third-order valence-corrected chi connectivity index (χ3v) is 4.04. The summed E-state index contributed by atoms with van der Waals surface area (Å²) in [6.07, 6.45) is 8.11. The molecule has 0 radical (unpaired) electrons. The summed E-state index contributed by atoms with van der Waals surface area (Å²) in [6.45, 7) is 10.8. The van der Waals surface area contributed by atoms with Gasteiger partial charge in [-0.2, -0.15) is 0 Å². The van der Waals surface area contributed by atoms with E-state index in [4.69, 9.17) is 0 Å². The molecule has 0 aromatic rings. The van der Waals surface area contributed by atoms with Crippen molar-refractivity contribution in [1.29, 1.82) is 0 Å². The van der Waals surface area contributed by atoms with E-state index in [9.17, 15) is 0 Å². The Bertz CT molecular complexity index is 193. The fourth-order valence-corrected chi connectivity index (χ4v) is 2.58. The fraction of sp³-hybridized carbons (Fsp3) is 1.00. The van der Waals surface area contributed by atoms with Gasteiger partial charge >= 0.3 is 0 Å². The largest absolute Gasteiger partial charge is 0.313 e. The minimum atomic E-state index is 0.471. The van der Waals surface area contributed by atoms with E-state index in [1.165, 1.54) is 58.2 Å². The van der Waals surface area contributed by atoms with Crippen LogP contribution in [0.25, 0.3) is 0 Å². The fourth-order valence-electron chi connectivity index (χ4n) is 2.58. The summed E-state index contributed by atoms with van der Waals surface area (Å²) in [5.74, 6) is 0. The van der Waals surface area contributed by atoms with Crippen LogP contribution in [0.5, 0.6) is 0 Å². The van der Waals surface area contributed by atoms with Crippen LogP contribution in [-0.2, 0) is 0 Å². The maximum absolute atomic E-state index is 3.78. The molecule has 1 heterocycles. The lowest BCUT2D eigenvalue weighted by Crippen LogP contribution is -2.44. The smallest absolute Gasteiger partial charge is 0.00916 e. The van der Waals surface area contributed by atoms with Gasteiger partial charge in [0.1, 0.15) is 0 Å². The highest BCUT2D eigenvalue weighted by atomic mass is 15.1. The molecule has 0 amide bonds. The Labute approximate surface area is 108 Å². The highest BCUT2D eigenvalue weighted by Crippen LogP contribution is 2.23. The van der Waals surface area contributed by atoms with E-state index in [0.29, 0.717) is 5.41 Å². The van der Waals surface area contributed by atoms with E-state index in [1.54, 1.807) is 0 Å². The first-order chi connectivity index (χ1) is 8.03. The summed E-state index contributed by atoms with van der Waals surface area (Å²) in [6, 6.07) is 0.761. The Hall–Kier alpha value is -0.0800. The minimum Gasteiger partial charge on any atom is -0.313 e. The molecule has 1 aliphatic heterocycles. The average Bonchev–Trinajstić information content (AvgIpc) is 2.29. The number of hydrogen-bond acceptors (Lipinski definition) is 2. The van der Waals surface area contributed by atoms with E-state index in [-0.39, 0.29) is 0 Å². The molecule has 1 aliphatic rings. The topological polar surface area (TPSA) is 15.3 Å². The molecule has 1 rings (SSSR count). The lowest BCUT2D eigenvalue weighted by molar-refractivity contribution is 0.212. The zero-order valence-electron chi connectivity index (χ0n) is 12.4. The summed E-state index contributed by atoms with van der Waals surface area (Å²) >= 11 is 0. The van der Waals surface area contributed by atoms with Crippen LogP contribution in [0.2, 0.25) is 0 Å². The van der Waals surface area contributed by atoms with Crippen molar-refractivity contribution in [2.75, 3.05) is 26.7 Å². The highest BCUT2D eigenvalue weighted by Gasteiger charge is 2.21. The van der Waals surface area contributed by atoms with Crippen LogP contribution in [0.4, 0.5) is 0 Å². The molecular formula is C15H32N2. The van der Waals surface area contributed by atoms with Gasteiger partial charge in [0.2, 0.25) is 0 Å². The Morgan fingerprint density at radius 1 is 1.18 bits per heavy atom. The molecule has 0 saturated carbocycles. The molecule has 0 spiro atoms. The number of hydrogen-bond donors (Lipinski definition) is 1. The molecule has 102 valence electrons. The lowest BCUT2D eigenvalue weighted by atomic mass is 9.86. The van der Waals surface area contributed by atoms with Crippen LogP contribution in [0, 0.1) is 5.41 Å². The van der Waals surface area contributed by atoms with Crippen molar-refractivity contribution < 1.29 is 0 Å². The quantitative estimate of drug-likeness (QED) is 0.687. The maximum Gasteiger partial charge on any atom is 0.00916 e. The standard InChI is InChI=1S/C15H32N2/c1-5-6-7-10-15(2,3)13-16-14-8-11-17(4)12-9-14/h14,16H,5-13H2,1-4H3. The third kappa shape index (κ3) is 6.42.